The Morgan fingerprint density at radius 1 is 1.00 bits per heavy atom. The first-order chi connectivity index (χ1) is 18.6. The molecule has 186 valence electrons. The standard InChI is InChI=1S/C28H20N6O4/c35-26-20-6-2-1-4-18(20)14-22(30-26)25-24(16-7-9-17(10-8-16)28(36)37)21(31-33-25)11-12-23-32-34-27(38-23)19-5-3-13-29-15-19/h1-13,15,22H,14H2,(H,30,35)(H,31,33)(H,36,37)/b12-11+. The number of pyridine rings is 1. The fourth-order valence-corrected chi connectivity index (χ4v) is 4.48. The Morgan fingerprint density at radius 2 is 1.84 bits per heavy atom. The van der Waals surface area contributed by atoms with Crippen molar-refractivity contribution in [3.05, 3.63) is 107 Å². The van der Waals surface area contributed by atoms with Gasteiger partial charge in [0.15, 0.2) is 0 Å². The van der Waals surface area contributed by atoms with Crippen molar-refractivity contribution in [3.63, 3.8) is 0 Å². The molecule has 0 spiro atoms. The van der Waals surface area contributed by atoms with E-state index in [0.717, 1.165) is 16.7 Å². The number of nitrogens with zero attached hydrogens (tertiary/aromatic N) is 4. The molecule has 0 bridgehead atoms. The average Bonchev–Trinajstić information content (AvgIpc) is 3.60. The highest BCUT2D eigenvalue weighted by Gasteiger charge is 2.29. The van der Waals surface area contributed by atoms with Gasteiger partial charge in [0.25, 0.3) is 5.91 Å². The van der Waals surface area contributed by atoms with E-state index in [1.165, 1.54) is 12.1 Å². The lowest BCUT2D eigenvalue weighted by molar-refractivity contribution is 0.0696. The van der Waals surface area contributed by atoms with Gasteiger partial charge in [0.2, 0.25) is 11.8 Å². The molecule has 0 fully saturated rings. The molecule has 1 aliphatic heterocycles. The Bertz CT molecular complexity index is 1670. The number of carbonyl (C=O) groups excluding carboxylic acids is 1. The number of fused-ring (bicyclic) bond motifs is 1. The van der Waals surface area contributed by atoms with Crippen LogP contribution in [0.15, 0.2) is 77.5 Å². The molecule has 1 atom stereocenters. The predicted octanol–water partition coefficient (Wildman–Crippen LogP) is 4.42. The van der Waals surface area contributed by atoms with Gasteiger partial charge in [-0.05, 0) is 54.0 Å². The largest absolute Gasteiger partial charge is 0.478 e. The molecule has 10 nitrogen and oxygen atoms in total. The summed E-state index contributed by atoms with van der Waals surface area (Å²) in [5.74, 6) is -0.556. The van der Waals surface area contributed by atoms with Crippen molar-refractivity contribution in [2.75, 3.05) is 0 Å². The maximum atomic E-state index is 12.8. The number of H-pyrrole nitrogens is 1. The summed E-state index contributed by atoms with van der Waals surface area (Å²) in [7, 11) is 0. The maximum absolute atomic E-state index is 12.8. The summed E-state index contributed by atoms with van der Waals surface area (Å²) in [5, 5.41) is 28.1. The number of carboxylic acids is 1. The number of hydrogen-bond donors (Lipinski definition) is 3. The smallest absolute Gasteiger partial charge is 0.335 e. The van der Waals surface area contributed by atoms with Crippen LogP contribution in [0.25, 0.3) is 34.7 Å². The van der Waals surface area contributed by atoms with Gasteiger partial charge < -0.3 is 14.8 Å². The van der Waals surface area contributed by atoms with Gasteiger partial charge in [-0.15, -0.1) is 10.2 Å². The molecule has 3 N–H and O–H groups in total. The zero-order chi connectivity index (χ0) is 26.1. The molecule has 0 radical (unpaired) electrons. The number of hydrogen-bond acceptors (Lipinski definition) is 7. The normalized spacial score (nSPS) is 14.8. The fraction of sp³-hybridized carbons (Fsp3) is 0.0714. The minimum atomic E-state index is -1.01. The van der Waals surface area contributed by atoms with Gasteiger partial charge in [-0.3, -0.25) is 14.9 Å². The highest BCUT2D eigenvalue weighted by Crippen LogP contribution is 2.35. The van der Waals surface area contributed by atoms with Gasteiger partial charge in [0, 0.05) is 29.6 Å². The summed E-state index contributed by atoms with van der Waals surface area (Å²) in [6.07, 6.45) is 7.26. The van der Waals surface area contributed by atoms with E-state index in [1.54, 1.807) is 48.8 Å². The zero-order valence-electron chi connectivity index (χ0n) is 19.8. The predicted molar refractivity (Wildman–Crippen MR) is 138 cm³/mol. The summed E-state index contributed by atoms with van der Waals surface area (Å²) >= 11 is 0. The van der Waals surface area contributed by atoms with E-state index in [2.05, 4.69) is 30.7 Å². The van der Waals surface area contributed by atoms with Crippen molar-refractivity contribution in [3.8, 4) is 22.6 Å². The van der Waals surface area contributed by atoms with Crippen LogP contribution in [0.5, 0.6) is 0 Å². The number of carboxylic acid groups (broad SMARTS) is 1. The molecule has 5 aromatic rings. The zero-order valence-corrected chi connectivity index (χ0v) is 19.8. The number of amides is 1. The SMILES string of the molecule is O=C(O)c1ccc(-c2c(/C=C/c3nnc(-c4cccnc4)o3)n[nH]c2C2Cc3ccccc3C(=O)N2)cc1. The number of rotatable bonds is 6. The Balaban J connectivity index is 1.38. The third-order valence-corrected chi connectivity index (χ3v) is 6.32. The molecule has 0 aliphatic carbocycles. The van der Waals surface area contributed by atoms with Crippen LogP contribution in [0.1, 0.15) is 49.6 Å². The van der Waals surface area contributed by atoms with Crippen molar-refractivity contribution >= 4 is 24.0 Å². The Kier molecular flexibility index (Phi) is 5.81. The second-order valence-electron chi connectivity index (χ2n) is 8.69. The van der Waals surface area contributed by atoms with E-state index in [-0.39, 0.29) is 23.4 Å². The highest BCUT2D eigenvalue weighted by molar-refractivity contribution is 5.97. The molecule has 1 amide bonds. The van der Waals surface area contributed by atoms with Crippen LogP contribution in [0.3, 0.4) is 0 Å². The maximum Gasteiger partial charge on any atom is 0.335 e. The van der Waals surface area contributed by atoms with Crippen LogP contribution in [-0.2, 0) is 6.42 Å². The highest BCUT2D eigenvalue weighted by atomic mass is 16.4. The quantitative estimate of drug-likeness (QED) is 0.308. The second-order valence-corrected chi connectivity index (χ2v) is 8.69. The molecular weight excluding hydrogens is 484 g/mol. The fourth-order valence-electron chi connectivity index (χ4n) is 4.48. The summed E-state index contributed by atoms with van der Waals surface area (Å²) in [6, 6.07) is 17.3. The minimum absolute atomic E-state index is 0.162. The lowest BCUT2D eigenvalue weighted by Crippen LogP contribution is -2.35. The van der Waals surface area contributed by atoms with E-state index >= 15 is 0 Å². The van der Waals surface area contributed by atoms with Gasteiger partial charge >= 0.3 is 5.97 Å². The number of benzene rings is 2. The summed E-state index contributed by atoms with van der Waals surface area (Å²) in [6.45, 7) is 0. The summed E-state index contributed by atoms with van der Waals surface area (Å²) in [5.41, 5.74) is 5.21. The van der Waals surface area contributed by atoms with Crippen LogP contribution in [0.4, 0.5) is 0 Å². The van der Waals surface area contributed by atoms with E-state index in [1.807, 2.05) is 24.3 Å². The molecule has 3 aromatic heterocycles. The van der Waals surface area contributed by atoms with Crippen molar-refractivity contribution in [1.82, 2.24) is 30.7 Å². The van der Waals surface area contributed by atoms with E-state index in [9.17, 15) is 14.7 Å². The number of carbonyl (C=O) groups is 2. The van der Waals surface area contributed by atoms with Crippen LogP contribution in [-0.4, -0.2) is 42.4 Å². The number of aromatic amines is 1. The molecule has 1 unspecified atom stereocenters. The van der Waals surface area contributed by atoms with Crippen molar-refractivity contribution in [2.24, 2.45) is 0 Å². The topological polar surface area (TPSA) is 147 Å². The van der Waals surface area contributed by atoms with Crippen molar-refractivity contribution < 1.29 is 19.1 Å². The number of nitrogens with one attached hydrogen (secondary N) is 2. The lowest BCUT2D eigenvalue weighted by Gasteiger charge is -2.25. The summed E-state index contributed by atoms with van der Waals surface area (Å²) in [4.78, 5) is 28.3. The van der Waals surface area contributed by atoms with E-state index < -0.39 is 5.97 Å². The van der Waals surface area contributed by atoms with Gasteiger partial charge in [-0.2, -0.15) is 5.10 Å². The van der Waals surface area contributed by atoms with Gasteiger partial charge in [-0.1, -0.05) is 30.3 Å². The van der Waals surface area contributed by atoms with Crippen molar-refractivity contribution in [1.29, 1.82) is 0 Å². The molecule has 6 rings (SSSR count). The van der Waals surface area contributed by atoms with E-state index in [4.69, 9.17) is 4.42 Å². The second kappa shape index (κ2) is 9.58. The summed E-state index contributed by atoms with van der Waals surface area (Å²) < 4.78 is 5.75. The Hall–Kier alpha value is -5.38. The van der Waals surface area contributed by atoms with Crippen LogP contribution >= 0.6 is 0 Å². The molecule has 0 saturated carbocycles. The first kappa shape index (κ1) is 23.0. The number of aromatic carboxylic acids is 1. The molecule has 1 aliphatic rings. The molecular formula is C28H20N6O4. The molecule has 10 heteroatoms. The molecule has 0 saturated heterocycles. The molecule has 2 aromatic carbocycles. The Morgan fingerprint density at radius 3 is 2.63 bits per heavy atom. The first-order valence-corrected chi connectivity index (χ1v) is 11.8. The third kappa shape index (κ3) is 4.35. The van der Waals surface area contributed by atoms with Gasteiger partial charge in [-0.25, -0.2) is 4.79 Å². The van der Waals surface area contributed by atoms with Crippen molar-refractivity contribution in [2.45, 2.75) is 12.5 Å². The third-order valence-electron chi connectivity index (χ3n) is 6.32. The molecule has 38 heavy (non-hydrogen) atoms. The first-order valence-electron chi connectivity index (χ1n) is 11.8. The Labute approximate surface area is 216 Å². The monoisotopic (exact) mass is 504 g/mol. The van der Waals surface area contributed by atoms with E-state index in [0.29, 0.717) is 34.8 Å². The van der Waals surface area contributed by atoms with Crippen LogP contribution < -0.4 is 5.32 Å². The molecule has 4 heterocycles. The van der Waals surface area contributed by atoms with Crippen LogP contribution in [0, 0.1) is 0 Å². The van der Waals surface area contributed by atoms with Gasteiger partial charge in [0.05, 0.1) is 28.6 Å². The van der Waals surface area contributed by atoms with Crippen LogP contribution in [0.2, 0.25) is 0 Å². The average molecular weight is 505 g/mol. The lowest BCUT2D eigenvalue weighted by atomic mass is 9.90. The number of aromatic nitrogens is 5. The minimum Gasteiger partial charge on any atom is -0.478 e. The van der Waals surface area contributed by atoms with Gasteiger partial charge in [0.1, 0.15) is 0 Å².